The van der Waals surface area contributed by atoms with Crippen molar-refractivity contribution in [3.8, 4) is 0 Å². The summed E-state index contributed by atoms with van der Waals surface area (Å²) in [5, 5.41) is 0. The van der Waals surface area contributed by atoms with Crippen LogP contribution in [-0.2, 0) is 5.54 Å². The molecule has 0 bridgehead atoms. The molecule has 2 rings (SSSR count). The van der Waals surface area contributed by atoms with Gasteiger partial charge in [0.25, 0.3) is 0 Å². The minimum absolute atomic E-state index is 0.118. The molecule has 1 heterocycles. The average Bonchev–Trinajstić information content (AvgIpc) is 2.24. The second kappa shape index (κ2) is 4.24. The Bertz CT molecular complexity index is 326. The van der Waals surface area contributed by atoms with Gasteiger partial charge in [-0.15, -0.1) is 0 Å². The Morgan fingerprint density at radius 2 is 1.73 bits per heavy atom. The first-order valence-electron chi connectivity index (χ1n) is 5.34. The van der Waals surface area contributed by atoms with Crippen LogP contribution in [0.15, 0.2) is 28.7 Å². The molecule has 0 saturated carbocycles. The summed E-state index contributed by atoms with van der Waals surface area (Å²) in [5.74, 6) is 0. The molecular weight excluding hydrogens is 252 g/mol. The van der Waals surface area contributed by atoms with E-state index in [4.69, 9.17) is 5.73 Å². The van der Waals surface area contributed by atoms with Gasteiger partial charge in [0.05, 0.1) is 0 Å². The Kier molecular flexibility index (Phi) is 3.14. The lowest BCUT2D eigenvalue weighted by molar-refractivity contribution is 0.191. The lowest BCUT2D eigenvalue weighted by Crippen LogP contribution is -2.46. The first-order valence-corrected chi connectivity index (χ1v) is 6.13. The number of hydrogen-bond donors (Lipinski definition) is 1. The standard InChI is InChI=1S/C12H17BrN2/c1-15-8-6-12(14,7-9-15)10-2-4-11(13)5-3-10/h2-5H,6-9,14H2,1H3. The number of rotatable bonds is 1. The third-order valence-corrected chi connectivity index (χ3v) is 3.83. The summed E-state index contributed by atoms with van der Waals surface area (Å²) in [6.45, 7) is 2.18. The topological polar surface area (TPSA) is 29.3 Å². The molecule has 2 N–H and O–H groups in total. The van der Waals surface area contributed by atoms with E-state index in [9.17, 15) is 0 Å². The summed E-state index contributed by atoms with van der Waals surface area (Å²) in [7, 11) is 2.15. The van der Waals surface area contributed by atoms with E-state index in [1.807, 2.05) is 0 Å². The van der Waals surface area contributed by atoms with E-state index in [1.54, 1.807) is 0 Å². The SMILES string of the molecule is CN1CCC(N)(c2ccc(Br)cc2)CC1. The van der Waals surface area contributed by atoms with Crippen LogP contribution in [0, 0.1) is 0 Å². The fourth-order valence-corrected chi connectivity index (χ4v) is 2.35. The Morgan fingerprint density at radius 3 is 2.27 bits per heavy atom. The molecule has 3 heteroatoms. The molecule has 1 aromatic carbocycles. The van der Waals surface area contributed by atoms with E-state index in [2.05, 4.69) is 52.1 Å². The molecule has 1 aromatic rings. The monoisotopic (exact) mass is 268 g/mol. The fourth-order valence-electron chi connectivity index (χ4n) is 2.09. The van der Waals surface area contributed by atoms with Crippen molar-refractivity contribution in [3.05, 3.63) is 34.3 Å². The van der Waals surface area contributed by atoms with Crippen LogP contribution in [0.2, 0.25) is 0 Å². The number of halogens is 1. The zero-order valence-corrected chi connectivity index (χ0v) is 10.6. The lowest BCUT2D eigenvalue weighted by atomic mass is 9.82. The van der Waals surface area contributed by atoms with Gasteiger partial charge in [0.1, 0.15) is 0 Å². The van der Waals surface area contributed by atoms with E-state index in [0.717, 1.165) is 30.4 Å². The largest absolute Gasteiger partial charge is 0.321 e. The zero-order valence-electron chi connectivity index (χ0n) is 9.04. The van der Waals surface area contributed by atoms with Gasteiger partial charge in [-0.2, -0.15) is 0 Å². The molecule has 2 nitrogen and oxygen atoms in total. The molecule has 0 atom stereocenters. The number of piperidine rings is 1. The van der Waals surface area contributed by atoms with Gasteiger partial charge in [0.15, 0.2) is 0 Å². The van der Waals surface area contributed by atoms with Gasteiger partial charge in [-0.1, -0.05) is 28.1 Å². The van der Waals surface area contributed by atoms with Gasteiger partial charge in [-0.25, -0.2) is 0 Å². The molecule has 15 heavy (non-hydrogen) atoms. The molecule has 0 spiro atoms. The predicted octanol–water partition coefficient (Wildman–Crippen LogP) is 2.33. The molecular formula is C12H17BrN2. The van der Waals surface area contributed by atoms with Gasteiger partial charge in [-0.3, -0.25) is 0 Å². The number of nitrogens with zero attached hydrogens (tertiary/aromatic N) is 1. The Hall–Kier alpha value is -0.380. The molecule has 0 unspecified atom stereocenters. The minimum atomic E-state index is -0.118. The summed E-state index contributed by atoms with van der Waals surface area (Å²) < 4.78 is 1.11. The van der Waals surface area contributed by atoms with Gasteiger partial charge in [0, 0.05) is 10.0 Å². The quantitative estimate of drug-likeness (QED) is 0.847. The Labute approximate surface area is 99.6 Å². The number of benzene rings is 1. The van der Waals surface area contributed by atoms with Crippen molar-refractivity contribution in [1.29, 1.82) is 0 Å². The zero-order chi connectivity index (χ0) is 10.9. The summed E-state index contributed by atoms with van der Waals surface area (Å²) in [6, 6.07) is 8.41. The molecule has 0 amide bonds. The van der Waals surface area contributed by atoms with E-state index >= 15 is 0 Å². The maximum atomic E-state index is 6.45. The van der Waals surface area contributed by atoms with Crippen molar-refractivity contribution in [2.75, 3.05) is 20.1 Å². The van der Waals surface area contributed by atoms with Crippen molar-refractivity contribution >= 4 is 15.9 Å². The third-order valence-electron chi connectivity index (χ3n) is 3.30. The number of hydrogen-bond acceptors (Lipinski definition) is 2. The highest BCUT2D eigenvalue weighted by Gasteiger charge is 2.30. The third kappa shape index (κ3) is 2.41. The van der Waals surface area contributed by atoms with E-state index in [-0.39, 0.29) is 5.54 Å². The molecule has 1 aliphatic heterocycles. The van der Waals surface area contributed by atoms with Crippen LogP contribution in [0.4, 0.5) is 0 Å². The van der Waals surface area contributed by atoms with Crippen LogP contribution in [0.25, 0.3) is 0 Å². The highest BCUT2D eigenvalue weighted by molar-refractivity contribution is 9.10. The van der Waals surface area contributed by atoms with Crippen molar-refractivity contribution in [2.24, 2.45) is 5.73 Å². The lowest BCUT2D eigenvalue weighted by Gasteiger charge is -2.38. The second-order valence-corrected chi connectivity index (χ2v) is 5.38. The van der Waals surface area contributed by atoms with Gasteiger partial charge in [-0.05, 0) is 50.7 Å². The normalized spacial score (nSPS) is 21.5. The number of nitrogens with two attached hydrogens (primary N) is 1. The van der Waals surface area contributed by atoms with Crippen LogP contribution >= 0.6 is 15.9 Å². The van der Waals surface area contributed by atoms with Crippen molar-refractivity contribution in [1.82, 2.24) is 4.90 Å². The fraction of sp³-hybridized carbons (Fsp3) is 0.500. The van der Waals surface area contributed by atoms with E-state index in [0.29, 0.717) is 0 Å². The Morgan fingerprint density at radius 1 is 1.20 bits per heavy atom. The van der Waals surface area contributed by atoms with E-state index < -0.39 is 0 Å². The Balaban J connectivity index is 2.18. The summed E-state index contributed by atoms with van der Waals surface area (Å²) >= 11 is 3.45. The van der Waals surface area contributed by atoms with Crippen LogP contribution in [0.5, 0.6) is 0 Å². The minimum Gasteiger partial charge on any atom is -0.321 e. The van der Waals surface area contributed by atoms with Crippen molar-refractivity contribution in [3.63, 3.8) is 0 Å². The molecule has 0 radical (unpaired) electrons. The van der Waals surface area contributed by atoms with Crippen LogP contribution in [0.1, 0.15) is 18.4 Å². The first-order chi connectivity index (χ1) is 7.10. The maximum Gasteiger partial charge on any atom is 0.0434 e. The summed E-state index contributed by atoms with van der Waals surface area (Å²) in [4.78, 5) is 2.34. The molecule has 1 saturated heterocycles. The van der Waals surface area contributed by atoms with Gasteiger partial charge < -0.3 is 10.6 Å². The van der Waals surface area contributed by atoms with Crippen molar-refractivity contribution < 1.29 is 0 Å². The van der Waals surface area contributed by atoms with Crippen LogP contribution < -0.4 is 5.73 Å². The first kappa shape index (κ1) is 11.1. The highest BCUT2D eigenvalue weighted by atomic mass is 79.9. The van der Waals surface area contributed by atoms with E-state index in [1.165, 1.54) is 5.56 Å². The smallest absolute Gasteiger partial charge is 0.0434 e. The number of likely N-dealkylation sites (tertiary alicyclic amines) is 1. The maximum absolute atomic E-state index is 6.45. The summed E-state index contributed by atoms with van der Waals surface area (Å²) in [6.07, 6.45) is 2.09. The second-order valence-electron chi connectivity index (χ2n) is 4.47. The molecule has 1 fully saturated rings. The van der Waals surface area contributed by atoms with Gasteiger partial charge >= 0.3 is 0 Å². The molecule has 0 aliphatic carbocycles. The predicted molar refractivity (Wildman–Crippen MR) is 66.7 cm³/mol. The van der Waals surface area contributed by atoms with Gasteiger partial charge in [0.2, 0.25) is 0 Å². The van der Waals surface area contributed by atoms with Crippen molar-refractivity contribution in [2.45, 2.75) is 18.4 Å². The van der Waals surface area contributed by atoms with Crippen LogP contribution in [-0.4, -0.2) is 25.0 Å². The summed E-state index contributed by atoms with van der Waals surface area (Å²) in [5.41, 5.74) is 7.60. The average molecular weight is 269 g/mol. The highest BCUT2D eigenvalue weighted by Crippen LogP contribution is 2.30. The van der Waals surface area contributed by atoms with Crippen LogP contribution in [0.3, 0.4) is 0 Å². The molecule has 82 valence electrons. The molecule has 0 aromatic heterocycles. The molecule has 1 aliphatic rings.